The van der Waals surface area contributed by atoms with Crippen LogP contribution in [0.2, 0.25) is 0 Å². The molecule has 6 heteroatoms. The number of amides is 2. The van der Waals surface area contributed by atoms with E-state index in [1.165, 1.54) is 0 Å². The van der Waals surface area contributed by atoms with Crippen LogP contribution in [0.4, 0.5) is 4.79 Å². The number of nitrogens with two attached hydrogens (primary N) is 2. The van der Waals surface area contributed by atoms with E-state index in [-0.39, 0.29) is 27.3 Å². The molecule has 0 saturated carbocycles. The summed E-state index contributed by atoms with van der Waals surface area (Å²) in [5.74, 6) is -0.437. The summed E-state index contributed by atoms with van der Waals surface area (Å²) >= 11 is 0. The Morgan fingerprint density at radius 1 is 1.50 bits per heavy atom. The van der Waals surface area contributed by atoms with E-state index in [1.54, 1.807) is 5.32 Å². The number of urea groups is 1. The van der Waals surface area contributed by atoms with E-state index >= 15 is 0 Å². The zero-order chi connectivity index (χ0) is 5.86. The summed E-state index contributed by atoms with van der Waals surface area (Å²) in [6.45, 7) is 0. The van der Waals surface area contributed by atoms with E-state index in [2.05, 4.69) is 11.5 Å². The second-order valence-electron chi connectivity index (χ2n) is 0.903. The third-order valence-corrected chi connectivity index (χ3v) is 0.258. The standard InChI is InChI=1S/C2H6N4O.Pb.2H/c3-1(4)6-2(5)7;;;/h(H6,3,4,5,6,7);;;. The molecule has 5 nitrogen and oxygen atoms in total. The Hall–Kier alpha value is -0.338. The summed E-state index contributed by atoms with van der Waals surface area (Å²) in [5.41, 5.74) is 9.19. The number of rotatable bonds is 0. The summed E-state index contributed by atoms with van der Waals surface area (Å²) in [5, 5.41) is 8.20. The minimum atomic E-state index is -0.812. The van der Waals surface area contributed by atoms with Gasteiger partial charge in [-0.1, -0.05) is 0 Å². The minimum absolute atomic E-state index is 0. The van der Waals surface area contributed by atoms with Crippen molar-refractivity contribution in [2.75, 3.05) is 0 Å². The van der Waals surface area contributed by atoms with Gasteiger partial charge < -0.3 is 11.5 Å². The van der Waals surface area contributed by atoms with Crippen molar-refractivity contribution in [3.05, 3.63) is 0 Å². The van der Waals surface area contributed by atoms with Gasteiger partial charge in [-0.25, -0.2) is 4.79 Å². The van der Waals surface area contributed by atoms with Crippen LogP contribution in [0.15, 0.2) is 0 Å². The SMILES string of the molecule is N=C(N)NC(N)=O.[PbH2]. The van der Waals surface area contributed by atoms with E-state index in [9.17, 15) is 4.79 Å². The summed E-state index contributed by atoms with van der Waals surface area (Å²) in [7, 11) is 0. The van der Waals surface area contributed by atoms with Crippen molar-refractivity contribution in [2.45, 2.75) is 0 Å². The van der Waals surface area contributed by atoms with Crippen molar-refractivity contribution in [3.8, 4) is 0 Å². The monoisotopic (exact) mass is 312 g/mol. The molecule has 0 fully saturated rings. The zero-order valence-corrected chi connectivity index (χ0v) is 9.77. The predicted molar refractivity (Wildman–Crippen MR) is 33.2 cm³/mol. The van der Waals surface area contributed by atoms with Gasteiger partial charge in [0.05, 0.1) is 0 Å². The number of nitrogens with one attached hydrogen (secondary N) is 2. The molecular weight excluding hydrogens is 303 g/mol. The van der Waals surface area contributed by atoms with Crippen LogP contribution in [0.3, 0.4) is 0 Å². The summed E-state index contributed by atoms with van der Waals surface area (Å²) < 4.78 is 0. The van der Waals surface area contributed by atoms with Crippen molar-refractivity contribution in [2.24, 2.45) is 11.5 Å². The molecule has 0 aliphatic carbocycles. The van der Waals surface area contributed by atoms with Gasteiger partial charge in [-0.05, 0) is 0 Å². The van der Waals surface area contributed by atoms with Crippen molar-refractivity contribution in [1.29, 1.82) is 5.41 Å². The molecule has 0 aromatic rings. The molecule has 0 bridgehead atoms. The topological polar surface area (TPSA) is 105 Å². The quantitative estimate of drug-likeness (QED) is 0.228. The maximum absolute atomic E-state index is 9.70. The van der Waals surface area contributed by atoms with E-state index in [1.807, 2.05) is 0 Å². The van der Waals surface area contributed by atoms with Gasteiger partial charge in [0.15, 0.2) is 5.96 Å². The molecule has 0 aliphatic rings. The van der Waals surface area contributed by atoms with Gasteiger partial charge in [0.1, 0.15) is 0 Å². The van der Waals surface area contributed by atoms with Crippen LogP contribution in [0.5, 0.6) is 0 Å². The van der Waals surface area contributed by atoms with Crippen LogP contribution in [0.25, 0.3) is 0 Å². The molecule has 2 radical (unpaired) electrons. The molecular formula is C2H8N4OPb. The Bertz CT molecular complexity index is 90.2. The molecule has 46 valence electrons. The first-order valence-electron chi connectivity index (χ1n) is 1.53. The van der Waals surface area contributed by atoms with Gasteiger partial charge in [-0.15, -0.1) is 0 Å². The van der Waals surface area contributed by atoms with E-state index < -0.39 is 12.0 Å². The Balaban J connectivity index is 0. The molecule has 0 unspecified atom stereocenters. The Kier molecular flexibility index (Phi) is 6.38. The van der Waals surface area contributed by atoms with E-state index in [0.717, 1.165) is 0 Å². The van der Waals surface area contributed by atoms with Crippen LogP contribution < -0.4 is 16.8 Å². The number of guanidine groups is 1. The van der Waals surface area contributed by atoms with Gasteiger partial charge in [0.2, 0.25) is 0 Å². The number of carbonyl (C=O) groups is 1. The van der Waals surface area contributed by atoms with Gasteiger partial charge >= 0.3 is 33.3 Å². The first-order chi connectivity index (χ1) is 3.13. The van der Waals surface area contributed by atoms with Crippen molar-refractivity contribution in [3.63, 3.8) is 0 Å². The van der Waals surface area contributed by atoms with Crippen molar-refractivity contribution < 1.29 is 4.79 Å². The normalized spacial score (nSPS) is 6.50. The maximum atomic E-state index is 9.70. The van der Waals surface area contributed by atoms with Gasteiger partial charge in [-0.3, -0.25) is 10.7 Å². The first-order valence-corrected chi connectivity index (χ1v) is 1.53. The van der Waals surface area contributed by atoms with Crippen LogP contribution >= 0.6 is 0 Å². The molecule has 0 rings (SSSR count). The average Bonchev–Trinajstić information content (AvgIpc) is 1.27. The third-order valence-electron chi connectivity index (χ3n) is 0.258. The Morgan fingerprint density at radius 2 is 1.88 bits per heavy atom. The van der Waals surface area contributed by atoms with E-state index in [4.69, 9.17) is 5.41 Å². The molecule has 0 aromatic carbocycles. The van der Waals surface area contributed by atoms with Gasteiger partial charge in [-0.2, -0.15) is 0 Å². The molecule has 0 atom stereocenters. The second-order valence-corrected chi connectivity index (χ2v) is 0.903. The molecule has 0 heterocycles. The Morgan fingerprint density at radius 3 is 1.88 bits per heavy atom. The molecule has 0 aliphatic heterocycles. The fourth-order valence-electron chi connectivity index (χ4n) is 0.133. The average molecular weight is 311 g/mol. The predicted octanol–water partition coefficient (Wildman–Crippen LogP) is -2.37. The molecule has 0 spiro atoms. The molecule has 0 aromatic heterocycles. The zero-order valence-electron chi connectivity index (χ0n) is 4.27. The number of carbonyl (C=O) groups excluding carboxylic acids is 1. The van der Waals surface area contributed by atoms with Gasteiger partial charge in [0.25, 0.3) is 0 Å². The second kappa shape index (κ2) is 4.81. The van der Waals surface area contributed by atoms with E-state index in [0.29, 0.717) is 0 Å². The molecule has 0 saturated heterocycles. The fourth-order valence-corrected chi connectivity index (χ4v) is 0.133. The van der Waals surface area contributed by atoms with Crippen molar-refractivity contribution >= 4 is 39.3 Å². The number of hydrogen-bond acceptors (Lipinski definition) is 2. The number of hydrogen-bond donors (Lipinski definition) is 4. The van der Waals surface area contributed by atoms with Gasteiger partial charge in [0, 0.05) is 0 Å². The van der Waals surface area contributed by atoms with Crippen molar-refractivity contribution in [1.82, 2.24) is 5.32 Å². The van der Waals surface area contributed by atoms with Crippen LogP contribution in [0.1, 0.15) is 0 Å². The van der Waals surface area contributed by atoms with Crippen LogP contribution in [-0.4, -0.2) is 39.3 Å². The summed E-state index contributed by atoms with van der Waals surface area (Å²) in [4.78, 5) is 9.70. The molecule has 6 N–H and O–H groups in total. The Labute approximate surface area is 66.5 Å². The van der Waals surface area contributed by atoms with Crippen LogP contribution in [0, 0.1) is 5.41 Å². The number of primary amides is 1. The molecule has 2 amide bonds. The third kappa shape index (κ3) is 9.18. The summed E-state index contributed by atoms with van der Waals surface area (Å²) in [6.07, 6.45) is 0. The summed E-state index contributed by atoms with van der Waals surface area (Å²) in [6, 6.07) is -0.812. The molecule has 8 heavy (non-hydrogen) atoms. The van der Waals surface area contributed by atoms with Crippen LogP contribution in [-0.2, 0) is 0 Å². The fraction of sp³-hybridized carbons (Fsp3) is 0. The first kappa shape index (κ1) is 10.6.